The molecule has 2 aliphatic heterocycles. The van der Waals surface area contributed by atoms with Crippen LogP contribution in [0.2, 0.25) is 0 Å². The van der Waals surface area contributed by atoms with E-state index < -0.39 is 6.17 Å². The first-order valence-electron chi connectivity index (χ1n) is 6.63. The van der Waals surface area contributed by atoms with Crippen molar-refractivity contribution in [3.63, 3.8) is 0 Å². The van der Waals surface area contributed by atoms with Crippen LogP contribution in [0.5, 0.6) is 0 Å². The van der Waals surface area contributed by atoms with Crippen LogP contribution >= 0.6 is 0 Å². The Morgan fingerprint density at radius 2 is 2.19 bits per heavy atom. The van der Waals surface area contributed by atoms with E-state index in [0.29, 0.717) is 18.9 Å². The Balaban J connectivity index is 1.80. The third kappa shape index (κ3) is 3.17. The maximum atomic E-state index is 13.1. The van der Waals surface area contributed by atoms with Crippen molar-refractivity contribution in [2.45, 2.75) is 45.4 Å². The van der Waals surface area contributed by atoms with Gasteiger partial charge in [-0.3, -0.25) is 0 Å². The molecule has 0 N–H and O–H groups in total. The van der Waals surface area contributed by atoms with Gasteiger partial charge < -0.3 is 9.64 Å². The molecule has 0 spiro atoms. The minimum Gasteiger partial charge on any atom is -0.374 e. The van der Waals surface area contributed by atoms with Crippen LogP contribution in [0.15, 0.2) is 0 Å². The third-order valence-corrected chi connectivity index (χ3v) is 3.93. The van der Waals surface area contributed by atoms with Crippen LogP contribution in [-0.2, 0) is 4.74 Å². The topological polar surface area (TPSA) is 12.5 Å². The number of nitrogens with zero attached hydrogens (tertiary/aromatic N) is 1. The van der Waals surface area contributed by atoms with Gasteiger partial charge in [-0.25, -0.2) is 4.39 Å². The van der Waals surface area contributed by atoms with E-state index in [1.165, 1.54) is 25.9 Å². The van der Waals surface area contributed by atoms with Crippen molar-refractivity contribution in [1.82, 2.24) is 4.90 Å². The number of rotatable bonds is 2. The van der Waals surface area contributed by atoms with Crippen molar-refractivity contribution in [1.29, 1.82) is 0 Å². The van der Waals surface area contributed by atoms with Gasteiger partial charge in [0.25, 0.3) is 0 Å². The summed E-state index contributed by atoms with van der Waals surface area (Å²) in [5.41, 5.74) is 0. The van der Waals surface area contributed by atoms with Crippen LogP contribution < -0.4 is 0 Å². The van der Waals surface area contributed by atoms with E-state index in [-0.39, 0.29) is 6.10 Å². The van der Waals surface area contributed by atoms with Gasteiger partial charge in [0, 0.05) is 13.1 Å². The van der Waals surface area contributed by atoms with Crippen molar-refractivity contribution < 1.29 is 9.13 Å². The molecule has 0 aromatic rings. The van der Waals surface area contributed by atoms with Gasteiger partial charge in [-0.15, -0.1) is 0 Å². The lowest BCUT2D eigenvalue weighted by atomic mass is 9.93. The maximum Gasteiger partial charge on any atom is 0.124 e. The van der Waals surface area contributed by atoms with Crippen LogP contribution in [0, 0.1) is 11.8 Å². The summed E-state index contributed by atoms with van der Waals surface area (Å²) < 4.78 is 18.7. The Labute approximate surface area is 98.1 Å². The number of alkyl halides is 1. The van der Waals surface area contributed by atoms with Crippen molar-refractivity contribution in [3.05, 3.63) is 0 Å². The number of likely N-dealkylation sites (tertiary alicyclic amines) is 1. The maximum absolute atomic E-state index is 13.1. The van der Waals surface area contributed by atoms with E-state index in [9.17, 15) is 4.39 Å². The highest BCUT2D eigenvalue weighted by molar-refractivity contribution is 4.80. The number of hydrogen-bond acceptors (Lipinski definition) is 2. The van der Waals surface area contributed by atoms with E-state index in [4.69, 9.17) is 4.74 Å². The van der Waals surface area contributed by atoms with E-state index >= 15 is 0 Å². The second kappa shape index (κ2) is 5.46. The summed E-state index contributed by atoms with van der Waals surface area (Å²) in [4.78, 5) is 2.49. The molecule has 0 saturated carbocycles. The molecule has 2 aliphatic rings. The van der Waals surface area contributed by atoms with Crippen molar-refractivity contribution in [2.24, 2.45) is 11.8 Å². The molecule has 4 atom stereocenters. The zero-order chi connectivity index (χ0) is 11.5. The second-order valence-electron chi connectivity index (χ2n) is 5.69. The van der Waals surface area contributed by atoms with Gasteiger partial charge in [-0.05, 0) is 37.6 Å². The van der Waals surface area contributed by atoms with Crippen molar-refractivity contribution >= 4 is 0 Å². The van der Waals surface area contributed by atoms with Gasteiger partial charge in [0.15, 0.2) is 0 Å². The monoisotopic (exact) mass is 229 g/mol. The van der Waals surface area contributed by atoms with E-state index in [0.717, 1.165) is 12.5 Å². The average Bonchev–Trinajstić information content (AvgIpc) is 2.22. The Kier molecular flexibility index (Phi) is 4.20. The summed E-state index contributed by atoms with van der Waals surface area (Å²) >= 11 is 0. The van der Waals surface area contributed by atoms with Gasteiger partial charge in [0.1, 0.15) is 6.17 Å². The molecule has 0 amide bonds. The molecule has 0 aromatic carbocycles. The number of halogens is 1. The number of piperidine rings is 1. The summed E-state index contributed by atoms with van der Waals surface area (Å²) in [6.45, 7) is 8.11. The SMILES string of the molecule is C[C@@H]1CCCN(C[C@H]2OC[C@H](F)C[C@H]2C)C1. The Bertz CT molecular complexity index is 224. The standard InChI is InChI=1S/C13H24FNO/c1-10-4-3-5-15(7-10)8-13-11(2)6-12(14)9-16-13/h10-13H,3-9H2,1-2H3/t10-,11-,12-,13-/m1/s1. The molecule has 0 aromatic heterocycles. The molecular formula is C13H24FNO. The molecule has 2 nitrogen and oxygen atoms in total. The molecule has 2 saturated heterocycles. The summed E-state index contributed by atoms with van der Waals surface area (Å²) in [7, 11) is 0. The molecule has 0 unspecified atom stereocenters. The fourth-order valence-corrected chi connectivity index (χ4v) is 2.96. The smallest absolute Gasteiger partial charge is 0.124 e. The van der Waals surface area contributed by atoms with Crippen molar-refractivity contribution in [3.8, 4) is 0 Å². The fraction of sp³-hybridized carbons (Fsp3) is 1.00. The molecular weight excluding hydrogens is 205 g/mol. The summed E-state index contributed by atoms with van der Waals surface area (Å²) in [5, 5.41) is 0. The normalized spacial score (nSPS) is 42.2. The van der Waals surface area contributed by atoms with E-state index in [1.54, 1.807) is 0 Å². The van der Waals surface area contributed by atoms with E-state index in [2.05, 4.69) is 18.7 Å². The van der Waals surface area contributed by atoms with Crippen LogP contribution in [0.1, 0.15) is 33.1 Å². The van der Waals surface area contributed by atoms with Crippen molar-refractivity contribution in [2.75, 3.05) is 26.2 Å². The minimum absolute atomic E-state index is 0.247. The quantitative estimate of drug-likeness (QED) is 0.721. The molecule has 3 heteroatoms. The molecule has 0 aliphatic carbocycles. The Morgan fingerprint density at radius 1 is 1.38 bits per heavy atom. The Morgan fingerprint density at radius 3 is 2.88 bits per heavy atom. The highest BCUT2D eigenvalue weighted by atomic mass is 19.1. The first-order valence-corrected chi connectivity index (χ1v) is 6.63. The van der Waals surface area contributed by atoms with Gasteiger partial charge in [-0.2, -0.15) is 0 Å². The second-order valence-corrected chi connectivity index (χ2v) is 5.69. The van der Waals surface area contributed by atoms with Crippen LogP contribution in [0.25, 0.3) is 0 Å². The lowest BCUT2D eigenvalue weighted by Crippen LogP contribution is -2.45. The highest BCUT2D eigenvalue weighted by Crippen LogP contribution is 2.25. The minimum atomic E-state index is -0.744. The fourth-order valence-electron chi connectivity index (χ4n) is 2.96. The largest absolute Gasteiger partial charge is 0.374 e. The summed E-state index contributed by atoms with van der Waals surface area (Å²) in [6, 6.07) is 0. The molecule has 0 bridgehead atoms. The molecule has 2 fully saturated rings. The molecule has 2 rings (SSSR count). The number of ether oxygens (including phenoxy) is 1. The van der Waals surface area contributed by atoms with Gasteiger partial charge in [0.2, 0.25) is 0 Å². The van der Waals surface area contributed by atoms with Gasteiger partial charge in [0.05, 0.1) is 12.7 Å². The zero-order valence-corrected chi connectivity index (χ0v) is 10.5. The summed E-state index contributed by atoms with van der Waals surface area (Å²) in [6.07, 6.45) is 2.83. The van der Waals surface area contributed by atoms with Gasteiger partial charge in [-0.1, -0.05) is 13.8 Å². The summed E-state index contributed by atoms with van der Waals surface area (Å²) in [5.74, 6) is 1.17. The first-order chi connectivity index (χ1) is 7.65. The van der Waals surface area contributed by atoms with Crippen LogP contribution in [0.3, 0.4) is 0 Å². The van der Waals surface area contributed by atoms with Gasteiger partial charge >= 0.3 is 0 Å². The van der Waals surface area contributed by atoms with E-state index in [1.807, 2.05) is 0 Å². The van der Waals surface area contributed by atoms with Crippen LogP contribution in [-0.4, -0.2) is 43.4 Å². The first kappa shape index (κ1) is 12.3. The Hall–Kier alpha value is -0.150. The lowest BCUT2D eigenvalue weighted by Gasteiger charge is -2.38. The average molecular weight is 229 g/mol. The lowest BCUT2D eigenvalue weighted by molar-refractivity contribution is -0.0752. The third-order valence-electron chi connectivity index (χ3n) is 3.93. The molecule has 94 valence electrons. The molecule has 2 heterocycles. The zero-order valence-electron chi connectivity index (χ0n) is 10.5. The predicted octanol–water partition coefficient (Wildman–Crippen LogP) is 2.48. The highest BCUT2D eigenvalue weighted by Gasteiger charge is 2.30. The molecule has 0 radical (unpaired) electrons. The predicted molar refractivity (Wildman–Crippen MR) is 63.3 cm³/mol. The number of hydrogen-bond donors (Lipinski definition) is 0. The molecule has 16 heavy (non-hydrogen) atoms. The van der Waals surface area contributed by atoms with Crippen LogP contribution in [0.4, 0.5) is 4.39 Å².